The van der Waals surface area contributed by atoms with Crippen molar-refractivity contribution < 1.29 is 17.6 Å². The summed E-state index contributed by atoms with van der Waals surface area (Å²) in [4.78, 5) is 0. The topological polar surface area (TPSA) is 86.9 Å². The van der Waals surface area contributed by atoms with Crippen LogP contribution in [0.3, 0.4) is 0 Å². The van der Waals surface area contributed by atoms with Crippen LogP contribution in [0.2, 0.25) is 0 Å². The van der Waals surface area contributed by atoms with Crippen LogP contribution in [0, 0.1) is 13.8 Å². The molecule has 4 aromatic heterocycles. The molecular formula is C15H12F3N7OS. The van der Waals surface area contributed by atoms with Gasteiger partial charge in [-0.3, -0.25) is 0 Å². The third kappa shape index (κ3) is 2.85. The van der Waals surface area contributed by atoms with Gasteiger partial charge >= 0.3 is 6.18 Å². The second-order valence-corrected chi connectivity index (χ2v) is 6.71. The van der Waals surface area contributed by atoms with Gasteiger partial charge in [0, 0.05) is 12.6 Å². The van der Waals surface area contributed by atoms with Gasteiger partial charge in [-0.1, -0.05) is 0 Å². The van der Waals surface area contributed by atoms with Crippen LogP contribution in [-0.4, -0.2) is 34.6 Å². The number of aromatic nitrogens is 7. The molecule has 0 N–H and O–H groups in total. The number of aryl methyl sites for hydroxylation is 1. The molecule has 0 saturated heterocycles. The van der Waals surface area contributed by atoms with Gasteiger partial charge < -0.3 is 8.98 Å². The minimum Gasteiger partial charge on any atom is -0.461 e. The first-order valence-electron chi connectivity index (χ1n) is 7.68. The minimum atomic E-state index is -4.66. The molecule has 0 spiro atoms. The molecule has 0 bridgehead atoms. The molecule has 0 radical (unpaired) electrons. The second kappa shape index (κ2) is 6.08. The largest absolute Gasteiger partial charge is 0.461 e. The van der Waals surface area contributed by atoms with Crippen LogP contribution < -0.4 is 0 Å². The lowest BCUT2D eigenvalue weighted by Gasteiger charge is -2.10. The number of rotatable bonds is 3. The molecular weight excluding hydrogens is 383 g/mol. The van der Waals surface area contributed by atoms with Gasteiger partial charge in [0.1, 0.15) is 5.03 Å². The molecule has 8 nitrogen and oxygen atoms in total. The van der Waals surface area contributed by atoms with Crippen molar-refractivity contribution in [3.05, 3.63) is 35.3 Å². The molecule has 140 valence electrons. The molecule has 12 heteroatoms. The Morgan fingerprint density at radius 1 is 1.07 bits per heavy atom. The van der Waals surface area contributed by atoms with Crippen LogP contribution in [0.1, 0.15) is 17.0 Å². The molecule has 4 rings (SSSR count). The van der Waals surface area contributed by atoms with Gasteiger partial charge in [-0.05, 0) is 43.3 Å². The summed E-state index contributed by atoms with van der Waals surface area (Å²) in [6, 6.07) is 3.47. The van der Waals surface area contributed by atoms with Crippen molar-refractivity contribution in [1.82, 2.24) is 34.6 Å². The highest BCUT2D eigenvalue weighted by molar-refractivity contribution is 7.99. The fourth-order valence-electron chi connectivity index (χ4n) is 2.49. The quantitative estimate of drug-likeness (QED) is 0.526. The molecule has 0 aliphatic carbocycles. The Labute approximate surface area is 154 Å². The zero-order valence-corrected chi connectivity index (χ0v) is 15.1. The molecule has 27 heavy (non-hydrogen) atoms. The second-order valence-electron chi connectivity index (χ2n) is 5.76. The fraction of sp³-hybridized carbons (Fsp3) is 0.267. The Balaban J connectivity index is 1.80. The lowest BCUT2D eigenvalue weighted by atomic mass is 10.2. The van der Waals surface area contributed by atoms with Crippen molar-refractivity contribution in [1.29, 1.82) is 0 Å². The zero-order valence-electron chi connectivity index (χ0n) is 14.3. The molecule has 0 fully saturated rings. The number of alkyl halides is 3. The first-order chi connectivity index (χ1) is 12.8. The molecule has 0 saturated carbocycles. The Bertz CT molecular complexity index is 1130. The van der Waals surface area contributed by atoms with E-state index in [0.717, 1.165) is 11.8 Å². The first kappa shape index (κ1) is 17.5. The van der Waals surface area contributed by atoms with Crippen LogP contribution in [0.4, 0.5) is 13.2 Å². The van der Waals surface area contributed by atoms with Gasteiger partial charge in [-0.25, -0.2) is 0 Å². The molecule has 0 atom stereocenters. The van der Waals surface area contributed by atoms with E-state index in [4.69, 9.17) is 4.42 Å². The molecule has 0 aromatic carbocycles. The number of halogens is 3. The number of hydrogen-bond acceptors (Lipinski definition) is 7. The molecule has 0 amide bonds. The van der Waals surface area contributed by atoms with E-state index in [9.17, 15) is 13.2 Å². The van der Waals surface area contributed by atoms with Crippen LogP contribution in [0.15, 0.2) is 33.0 Å². The van der Waals surface area contributed by atoms with E-state index in [2.05, 4.69) is 25.5 Å². The van der Waals surface area contributed by atoms with Gasteiger partial charge in [0.25, 0.3) is 5.82 Å². The average Bonchev–Trinajstić information content (AvgIpc) is 3.32. The number of fused-ring (bicyclic) bond motifs is 1. The fourth-order valence-corrected chi connectivity index (χ4v) is 3.39. The summed E-state index contributed by atoms with van der Waals surface area (Å²) in [6.07, 6.45) is -3.14. The van der Waals surface area contributed by atoms with Crippen LogP contribution in [0.25, 0.3) is 17.2 Å². The number of nitrogens with zero attached hydrogens (tertiary/aromatic N) is 7. The Hall–Kier alpha value is -2.89. The summed E-state index contributed by atoms with van der Waals surface area (Å²) in [5.41, 5.74) is 1.32. The number of furan rings is 1. The van der Waals surface area contributed by atoms with E-state index in [0.29, 0.717) is 37.4 Å². The molecule has 4 heterocycles. The maximum absolute atomic E-state index is 13.2. The smallest absolute Gasteiger partial charge is 0.453 e. The Morgan fingerprint density at radius 3 is 2.52 bits per heavy atom. The summed E-state index contributed by atoms with van der Waals surface area (Å²) in [6.45, 7) is 3.44. The minimum absolute atomic E-state index is 0.0680. The summed E-state index contributed by atoms with van der Waals surface area (Å²) in [5, 5.41) is 19.9. The third-order valence-corrected chi connectivity index (χ3v) is 5.19. The van der Waals surface area contributed by atoms with E-state index in [1.165, 1.54) is 6.26 Å². The van der Waals surface area contributed by atoms with Crippen molar-refractivity contribution in [3.63, 3.8) is 0 Å². The van der Waals surface area contributed by atoms with Gasteiger partial charge in [0.15, 0.2) is 22.4 Å². The van der Waals surface area contributed by atoms with Gasteiger partial charge in [0.05, 0.1) is 6.26 Å². The maximum atomic E-state index is 13.2. The third-order valence-electron chi connectivity index (χ3n) is 4.07. The number of hydrogen-bond donors (Lipinski definition) is 0. The standard InChI is InChI=1S/C15H12F3N7OS/c1-7-8(2)12(23-25-10(7)19-21-13(25)15(16,17)18)27-14-22-20-11(24(14)3)9-5-4-6-26-9/h4-6H,1-3H3. The van der Waals surface area contributed by atoms with E-state index in [-0.39, 0.29) is 5.65 Å². The lowest BCUT2D eigenvalue weighted by Crippen LogP contribution is -2.13. The molecule has 0 aliphatic heterocycles. The van der Waals surface area contributed by atoms with Gasteiger partial charge in [-0.2, -0.15) is 22.8 Å². The molecule has 4 aromatic rings. The Kier molecular flexibility index (Phi) is 3.94. The summed E-state index contributed by atoms with van der Waals surface area (Å²) < 4.78 is 47.2. The van der Waals surface area contributed by atoms with E-state index in [1.54, 1.807) is 37.6 Å². The Morgan fingerprint density at radius 2 is 1.85 bits per heavy atom. The maximum Gasteiger partial charge on any atom is 0.453 e. The van der Waals surface area contributed by atoms with Gasteiger partial charge in [-0.15, -0.1) is 20.4 Å². The van der Waals surface area contributed by atoms with E-state index >= 15 is 0 Å². The highest BCUT2D eigenvalue weighted by Gasteiger charge is 2.38. The highest BCUT2D eigenvalue weighted by atomic mass is 32.2. The summed E-state index contributed by atoms with van der Waals surface area (Å²) in [5.74, 6) is -0.138. The van der Waals surface area contributed by atoms with Crippen molar-refractivity contribution in [2.45, 2.75) is 30.2 Å². The zero-order chi connectivity index (χ0) is 19.3. The normalized spacial score (nSPS) is 12.2. The van der Waals surface area contributed by atoms with Crippen LogP contribution in [0.5, 0.6) is 0 Å². The SMILES string of the molecule is Cc1c(Sc2nnc(-c3ccco3)n2C)nn2c(C(F)(F)F)nnc2c1C. The predicted octanol–water partition coefficient (Wildman–Crippen LogP) is 3.30. The summed E-state index contributed by atoms with van der Waals surface area (Å²) in [7, 11) is 1.74. The predicted molar refractivity (Wildman–Crippen MR) is 88.1 cm³/mol. The van der Waals surface area contributed by atoms with Crippen LogP contribution in [-0.2, 0) is 13.2 Å². The van der Waals surface area contributed by atoms with E-state index < -0.39 is 12.0 Å². The van der Waals surface area contributed by atoms with Crippen molar-refractivity contribution in [2.75, 3.05) is 0 Å². The highest BCUT2D eigenvalue weighted by Crippen LogP contribution is 2.33. The summed E-state index contributed by atoms with van der Waals surface area (Å²) >= 11 is 1.10. The first-order valence-corrected chi connectivity index (χ1v) is 8.50. The monoisotopic (exact) mass is 395 g/mol. The molecule has 0 aliphatic rings. The lowest BCUT2D eigenvalue weighted by molar-refractivity contribution is -0.146. The molecule has 0 unspecified atom stereocenters. The van der Waals surface area contributed by atoms with Crippen molar-refractivity contribution in [3.8, 4) is 11.6 Å². The van der Waals surface area contributed by atoms with Crippen molar-refractivity contribution >= 4 is 17.4 Å². The van der Waals surface area contributed by atoms with Crippen molar-refractivity contribution in [2.24, 2.45) is 7.05 Å². The van der Waals surface area contributed by atoms with E-state index in [1.807, 2.05) is 0 Å². The van der Waals surface area contributed by atoms with Gasteiger partial charge in [0.2, 0.25) is 0 Å². The van der Waals surface area contributed by atoms with Crippen LogP contribution >= 0.6 is 11.8 Å². The average molecular weight is 395 g/mol.